The van der Waals surface area contributed by atoms with Gasteiger partial charge in [0.25, 0.3) is 0 Å². The maximum absolute atomic E-state index is 12.3. The van der Waals surface area contributed by atoms with Gasteiger partial charge in [-0.1, -0.05) is 27.2 Å². The van der Waals surface area contributed by atoms with Crippen molar-refractivity contribution in [3.05, 3.63) is 12.7 Å². The van der Waals surface area contributed by atoms with Crippen LogP contribution in [0.1, 0.15) is 59.1 Å². The quantitative estimate of drug-likeness (QED) is 0.125. The van der Waals surface area contributed by atoms with Gasteiger partial charge in [-0.3, -0.25) is 9.36 Å². The highest BCUT2D eigenvalue weighted by Crippen LogP contribution is 2.33. The molecule has 5 rings (SSSR count). The highest BCUT2D eigenvalue weighted by molar-refractivity contribution is 8.00. The highest BCUT2D eigenvalue weighted by atomic mass is 32.2. The van der Waals surface area contributed by atoms with Gasteiger partial charge in [-0.2, -0.15) is 24.9 Å². The Hall–Kier alpha value is -2.77. The predicted molar refractivity (Wildman–Crippen MR) is 167 cm³/mol. The number of nitrogens with one attached hydrogen (secondary N) is 4. The standard InChI is InChI=1S/C20H29N9O6S2.C6H15N/c21-17-16-18(23-8-22-17)29(9-24-16)19-12(30)5-10(35-19)6-25-37(33,34)28-14(31)4-2-1-3-13-15-11(7-36-13)26-20(32)27-15;1-4-7(5-2)6-3/h8-13,15,19,25,30H,1-7H2,(H,28,31)(H2,21,22,23)(H2,26,27,32);4-6H2,1-3H3/t10-,11-,12+,13-,15-,19+;/m0./s1. The van der Waals surface area contributed by atoms with Crippen molar-refractivity contribution in [2.45, 2.75) is 88.6 Å². The minimum atomic E-state index is -4.10. The van der Waals surface area contributed by atoms with E-state index >= 15 is 0 Å². The van der Waals surface area contributed by atoms with E-state index in [1.165, 1.54) is 36.9 Å². The zero-order valence-corrected chi connectivity index (χ0v) is 26.9. The van der Waals surface area contributed by atoms with Crippen molar-refractivity contribution in [2.24, 2.45) is 0 Å². The van der Waals surface area contributed by atoms with Crippen LogP contribution in [-0.2, 0) is 19.7 Å². The number of aliphatic hydroxyl groups is 1. The Bertz CT molecular complexity index is 1370. The number of unbranched alkanes of at least 4 members (excludes halogenated alkanes) is 1. The van der Waals surface area contributed by atoms with E-state index in [9.17, 15) is 23.1 Å². The number of carbonyl (C=O) groups is 2. The summed E-state index contributed by atoms with van der Waals surface area (Å²) in [6.45, 7) is 9.99. The van der Waals surface area contributed by atoms with Crippen molar-refractivity contribution in [3.8, 4) is 0 Å². The molecule has 44 heavy (non-hydrogen) atoms. The highest BCUT2D eigenvalue weighted by Gasteiger charge is 2.42. The second-order valence-corrected chi connectivity index (χ2v) is 13.7. The number of nitrogens with two attached hydrogens (primary N) is 1. The molecule has 0 spiro atoms. The van der Waals surface area contributed by atoms with Crippen LogP contribution in [0, 0.1) is 0 Å². The van der Waals surface area contributed by atoms with Crippen molar-refractivity contribution < 1.29 is 27.9 Å². The van der Waals surface area contributed by atoms with Gasteiger partial charge in [-0.25, -0.2) is 24.5 Å². The van der Waals surface area contributed by atoms with Crippen molar-refractivity contribution in [2.75, 3.05) is 37.7 Å². The number of ether oxygens (including phenoxy) is 1. The molecule has 246 valence electrons. The van der Waals surface area contributed by atoms with Gasteiger partial charge in [0.1, 0.15) is 17.9 Å². The van der Waals surface area contributed by atoms with E-state index in [0.717, 1.165) is 18.6 Å². The van der Waals surface area contributed by atoms with Crippen LogP contribution < -0.4 is 25.8 Å². The number of anilines is 1. The molecule has 18 heteroatoms. The molecule has 3 aliphatic heterocycles. The minimum Gasteiger partial charge on any atom is -0.388 e. The lowest BCUT2D eigenvalue weighted by Crippen LogP contribution is -2.43. The Morgan fingerprint density at radius 1 is 1.20 bits per heavy atom. The molecule has 0 unspecified atom stereocenters. The van der Waals surface area contributed by atoms with Crippen LogP contribution >= 0.6 is 11.8 Å². The monoisotopic (exact) mass is 656 g/mol. The molecule has 0 radical (unpaired) electrons. The number of imidazole rings is 1. The van der Waals surface area contributed by atoms with Crippen LogP contribution in [0.25, 0.3) is 11.2 Å². The summed E-state index contributed by atoms with van der Waals surface area (Å²) in [6, 6.07) is 0.112. The molecule has 0 aromatic carbocycles. The van der Waals surface area contributed by atoms with E-state index in [0.29, 0.717) is 17.6 Å². The van der Waals surface area contributed by atoms with Gasteiger partial charge in [0.15, 0.2) is 17.7 Å². The summed E-state index contributed by atoms with van der Waals surface area (Å²) in [5.41, 5.74) is 6.56. The van der Waals surface area contributed by atoms with E-state index in [4.69, 9.17) is 10.5 Å². The van der Waals surface area contributed by atoms with Crippen LogP contribution in [0.15, 0.2) is 12.7 Å². The number of carbonyl (C=O) groups excluding carboxylic acids is 2. The third kappa shape index (κ3) is 8.69. The molecule has 3 amide bonds. The summed E-state index contributed by atoms with van der Waals surface area (Å²) in [4.78, 5) is 38.2. The number of nitrogen functional groups attached to an aromatic ring is 1. The number of amides is 3. The van der Waals surface area contributed by atoms with Crippen LogP contribution in [0.2, 0.25) is 0 Å². The number of nitrogens with zero attached hydrogens (tertiary/aromatic N) is 5. The van der Waals surface area contributed by atoms with E-state index in [2.05, 4.69) is 56.0 Å². The summed E-state index contributed by atoms with van der Waals surface area (Å²) in [6.07, 6.45) is 2.65. The first-order valence-corrected chi connectivity index (χ1v) is 17.6. The lowest BCUT2D eigenvalue weighted by atomic mass is 10.0. The van der Waals surface area contributed by atoms with Gasteiger partial charge in [-0.15, -0.1) is 0 Å². The van der Waals surface area contributed by atoms with Crippen LogP contribution in [-0.4, -0.2) is 111 Å². The number of aromatic nitrogens is 4. The van der Waals surface area contributed by atoms with Gasteiger partial charge in [0, 0.05) is 30.4 Å². The molecule has 16 nitrogen and oxygen atoms in total. The molecule has 3 aliphatic rings. The van der Waals surface area contributed by atoms with Crippen molar-refractivity contribution >= 4 is 50.9 Å². The first-order chi connectivity index (χ1) is 21.0. The van der Waals surface area contributed by atoms with Crippen molar-refractivity contribution in [3.63, 3.8) is 0 Å². The first kappa shape index (κ1) is 34.1. The molecule has 0 saturated carbocycles. The summed E-state index contributed by atoms with van der Waals surface area (Å²) in [5, 5.41) is 16.6. The SMILES string of the molecule is CCN(CC)CC.Nc1ncnc2c1ncn2[C@@H]1O[C@H](CNS(=O)(=O)NC(=O)CCCC[C@@H]2SC[C@@H]3NC(=O)N[C@@H]32)C[C@H]1O. The molecule has 0 aliphatic carbocycles. The van der Waals surface area contributed by atoms with Crippen molar-refractivity contribution in [1.29, 1.82) is 0 Å². The lowest BCUT2D eigenvalue weighted by Gasteiger charge is -2.17. The third-order valence-corrected chi connectivity index (χ3v) is 10.5. The van der Waals surface area contributed by atoms with E-state index in [1.807, 2.05) is 4.72 Å². The fraction of sp³-hybridized carbons (Fsp3) is 0.731. The largest absolute Gasteiger partial charge is 0.388 e. The summed E-state index contributed by atoms with van der Waals surface area (Å²) in [7, 11) is -4.10. The Morgan fingerprint density at radius 2 is 1.95 bits per heavy atom. The van der Waals surface area contributed by atoms with Crippen LogP contribution in [0.3, 0.4) is 0 Å². The molecular weight excluding hydrogens is 612 g/mol. The number of fused-ring (bicyclic) bond motifs is 2. The molecule has 5 heterocycles. The molecule has 2 aromatic rings. The fourth-order valence-corrected chi connectivity index (χ4v) is 7.98. The summed E-state index contributed by atoms with van der Waals surface area (Å²) in [5.74, 6) is 0.456. The van der Waals surface area contributed by atoms with E-state index in [-0.39, 0.29) is 48.6 Å². The minimum absolute atomic E-state index is 0.0659. The Morgan fingerprint density at radius 3 is 2.66 bits per heavy atom. The molecule has 6 atom stereocenters. The molecule has 0 bridgehead atoms. The summed E-state index contributed by atoms with van der Waals surface area (Å²) < 4.78 is 36.4. The average molecular weight is 657 g/mol. The number of thioether (sulfide) groups is 1. The zero-order valence-electron chi connectivity index (χ0n) is 25.3. The maximum Gasteiger partial charge on any atom is 0.315 e. The van der Waals surface area contributed by atoms with Gasteiger partial charge < -0.3 is 31.1 Å². The number of hydrogen-bond acceptors (Lipinski definition) is 12. The second-order valence-electron chi connectivity index (χ2n) is 10.9. The smallest absolute Gasteiger partial charge is 0.315 e. The molecule has 7 N–H and O–H groups in total. The lowest BCUT2D eigenvalue weighted by molar-refractivity contribution is -0.119. The number of aliphatic hydroxyl groups excluding tert-OH is 1. The van der Waals surface area contributed by atoms with E-state index < -0.39 is 34.6 Å². The first-order valence-electron chi connectivity index (χ1n) is 15.0. The second kappa shape index (κ2) is 15.5. The topological polar surface area (TPSA) is 219 Å². The van der Waals surface area contributed by atoms with Gasteiger partial charge in [0.05, 0.1) is 24.5 Å². The normalized spacial score (nSPS) is 26.2. The molecule has 2 aromatic heterocycles. The summed E-state index contributed by atoms with van der Waals surface area (Å²) >= 11 is 1.79. The molecule has 3 fully saturated rings. The van der Waals surface area contributed by atoms with Gasteiger partial charge >= 0.3 is 16.2 Å². The average Bonchev–Trinajstić information content (AvgIpc) is 3.75. The zero-order chi connectivity index (χ0) is 31.9. The van der Waals surface area contributed by atoms with Crippen LogP contribution in [0.4, 0.5) is 10.6 Å². The van der Waals surface area contributed by atoms with Crippen LogP contribution in [0.5, 0.6) is 0 Å². The Balaban J connectivity index is 0.000000566. The number of hydrogen-bond donors (Lipinski definition) is 6. The number of rotatable bonds is 13. The van der Waals surface area contributed by atoms with Crippen molar-refractivity contribution in [1.82, 2.24) is 44.5 Å². The Kier molecular flexibility index (Phi) is 12.0. The maximum atomic E-state index is 12.3. The molecular formula is C26H44N10O6S2. The number of urea groups is 1. The third-order valence-electron chi connectivity index (χ3n) is 8.00. The predicted octanol–water partition coefficient (Wildman–Crippen LogP) is 0.0814. The fourth-order valence-electron chi connectivity index (χ4n) is 5.55. The van der Waals surface area contributed by atoms with Gasteiger partial charge in [-0.05, 0) is 32.5 Å². The van der Waals surface area contributed by atoms with Gasteiger partial charge in [0.2, 0.25) is 5.91 Å². The Labute approximate surface area is 261 Å². The van der Waals surface area contributed by atoms with E-state index in [1.54, 1.807) is 11.8 Å². The molecule has 3 saturated heterocycles.